The predicted molar refractivity (Wildman–Crippen MR) is 84.6 cm³/mol. The van der Waals surface area contributed by atoms with Gasteiger partial charge in [-0.1, -0.05) is 11.8 Å². The van der Waals surface area contributed by atoms with Crippen molar-refractivity contribution in [1.29, 1.82) is 0 Å². The summed E-state index contributed by atoms with van der Waals surface area (Å²) in [7, 11) is 1.83. The minimum Gasteiger partial charge on any atom is -0.326 e. The number of carbonyl (C=O) groups excluding carboxylic acids is 1. The van der Waals surface area contributed by atoms with Crippen molar-refractivity contribution < 1.29 is 4.79 Å². The Morgan fingerprint density at radius 1 is 1.35 bits per heavy atom. The molecule has 1 heterocycles. The minimum atomic E-state index is 0.0234. The zero-order valence-electron chi connectivity index (χ0n) is 11.5. The fraction of sp³-hybridized carbons (Fsp3) is 0.286. The zero-order chi connectivity index (χ0) is 14.4. The highest BCUT2D eigenvalue weighted by Gasteiger charge is 2.04. The Balaban J connectivity index is 1.91. The zero-order valence-corrected chi connectivity index (χ0v) is 13.1. The second-order valence-electron chi connectivity index (χ2n) is 4.28. The molecule has 1 aromatic carbocycles. The van der Waals surface area contributed by atoms with Crippen molar-refractivity contribution in [2.75, 3.05) is 18.9 Å². The van der Waals surface area contributed by atoms with Crippen molar-refractivity contribution in [1.82, 2.24) is 10.3 Å². The fourth-order valence-corrected chi connectivity index (χ4v) is 3.36. The Morgan fingerprint density at radius 3 is 2.70 bits per heavy atom. The highest BCUT2D eigenvalue weighted by atomic mass is 32.2. The Hall–Kier alpha value is -1.37. The molecule has 1 amide bonds. The summed E-state index contributed by atoms with van der Waals surface area (Å²) in [4.78, 5) is 17.1. The van der Waals surface area contributed by atoms with Gasteiger partial charge in [-0.3, -0.25) is 4.79 Å². The molecule has 0 bridgehead atoms. The highest BCUT2D eigenvalue weighted by Crippen LogP contribution is 2.30. The van der Waals surface area contributed by atoms with Crippen LogP contribution in [0.5, 0.6) is 0 Å². The van der Waals surface area contributed by atoms with Crippen molar-refractivity contribution in [3.8, 4) is 0 Å². The van der Waals surface area contributed by atoms with Gasteiger partial charge in [-0.2, -0.15) is 0 Å². The number of nitrogens with zero attached hydrogens (tertiary/aromatic N) is 1. The smallest absolute Gasteiger partial charge is 0.225 e. The van der Waals surface area contributed by atoms with Crippen molar-refractivity contribution in [2.24, 2.45) is 0 Å². The number of carbonyl (C=O) groups is 1. The Morgan fingerprint density at radius 2 is 2.10 bits per heavy atom. The Bertz CT molecular complexity index is 566. The lowest BCUT2D eigenvalue weighted by atomic mass is 10.3. The third kappa shape index (κ3) is 4.63. The molecule has 0 saturated carbocycles. The molecule has 0 aliphatic heterocycles. The normalized spacial score (nSPS) is 10.5. The van der Waals surface area contributed by atoms with Gasteiger partial charge in [0, 0.05) is 34.6 Å². The quantitative estimate of drug-likeness (QED) is 0.861. The molecule has 2 aromatic rings. The van der Waals surface area contributed by atoms with Gasteiger partial charge in [-0.25, -0.2) is 4.98 Å². The summed E-state index contributed by atoms with van der Waals surface area (Å²) < 4.78 is 1.04. The van der Waals surface area contributed by atoms with Crippen LogP contribution in [0.25, 0.3) is 0 Å². The van der Waals surface area contributed by atoms with Crippen LogP contribution in [-0.4, -0.2) is 24.5 Å². The van der Waals surface area contributed by atoms with E-state index in [1.807, 2.05) is 43.6 Å². The summed E-state index contributed by atoms with van der Waals surface area (Å²) in [5, 5.41) is 7.86. The molecule has 4 nitrogen and oxygen atoms in total. The van der Waals surface area contributed by atoms with Crippen LogP contribution in [0.15, 0.2) is 38.9 Å². The van der Waals surface area contributed by atoms with E-state index in [1.165, 1.54) is 0 Å². The number of thiazole rings is 1. The number of aromatic nitrogens is 1. The molecule has 6 heteroatoms. The van der Waals surface area contributed by atoms with Gasteiger partial charge in [-0.05, 0) is 38.2 Å². The molecule has 0 radical (unpaired) electrons. The number of amides is 1. The maximum Gasteiger partial charge on any atom is 0.225 e. The lowest BCUT2D eigenvalue weighted by Gasteiger charge is -2.05. The van der Waals surface area contributed by atoms with Gasteiger partial charge >= 0.3 is 0 Å². The van der Waals surface area contributed by atoms with Crippen LogP contribution in [0.1, 0.15) is 12.1 Å². The van der Waals surface area contributed by atoms with E-state index in [0.29, 0.717) is 13.0 Å². The first-order chi connectivity index (χ1) is 9.67. The second kappa shape index (κ2) is 7.42. The molecule has 20 heavy (non-hydrogen) atoms. The van der Waals surface area contributed by atoms with Gasteiger partial charge in [0.1, 0.15) is 0 Å². The lowest BCUT2D eigenvalue weighted by molar-refractivity contribution is -0.116. The molecule has 2 rings (SSSR count). The molecule has 0 aliphatic carbocycles. The van der Waals surface area contributed by atoms with Crippen LogP contribution in [0.4, 0.5) is 5.69 Å². The number of nitrogens with one attached hydrogen (secondary N) is 2. The van der Waals surface area contributed by atoms with Crippen LogP contribution in [-0.2, 0) is 4.79 Å². The molecule has 0 atom stereocenters. The molecular formula is C14H17N3OS2. The maximum atomic E-state index is 11.6. The van der Waals surface area contributed by atoms with E-state index in [4.69, 9.17) is 0 Å². The Labute approximate surface area is 127 Å². The summed E-state index contributed by atoms with van der Waals surface area (Å²) in [6, 6.07) is 7.82. The lowest BCUT2D eigenvalue weighted by Crippen LogP contribution is -2.18. The predicted octanol–water partition coefficient (Wildman–Crippen LogP) is 3.15. The van der Waals surface area contributed by atoms with E-state index < -0.39 is 0 Å². The SMILES string of the molecule is CNCCC(=O)Nc1ccc(Sc2nc(C)cs2)cc1. The molecule has 2 N–H and O–H groups in total. The molecule has 0 unspecified atom stereocenters. The van der Waals surface area contributed by atoms with Crippen molar-refractivity contribution in [3.05, 3.63) is 35.3 Å². The van der Waals surface area contributed by atoms with Crippen LogP contribution >= 0.6 is 23.1 Å². The van der Waals surface area contributed by atoms with Gasteiger partial charge in [0.25, 0.3) is 0 Å². The molecule has 0 aliphatic rings. The number of rotatable bonds is 6. The van der Waals surface area contributed by atoms with Gasteiger partial charge in [-0.15, -0.1) is 11.3 Å². The van der Waals surface area contributed by atoms with Crippen LogP contribution in [0.2, 0.25) is 0 Å². The number of aryl methyl sites for hydroxylation is 1. The standard InChI is InChI=1S/C14H17N3OS2/c1-10-9-19-14(16-10)20-12-5-3-11(4-6-12)17-13(18)7-8-15-2/h3-6,9,15H,7-8H2,1-2H3,(H,17,18). The fourth-order valence-electron chi connectivity index (χ4n) is 1.55. The van der Waals surface area contributed by atoms with E-state index >= 15 is 0 Å². The molecule has 0 fully saturated rings. The topological polar surface area (TPSA) is 54.0 Å². The summed E-state index contributed by atoms with van der Waals surface area (Å²) in [6.07, 6.45) is 0.478. The number of benzene rings is 1. The molecule has 0 spiro atoms. The first-order valence-electron chi connectivity index (χ1n) is 6.32. The highest BCUT2D eigenvalue weighted by molar-refractivity contribution is 8.01. The van der Waals surface area contributed by atoms with Gasteiger partial charge in [0.15, 0.2) is 4.34 Å². The van der Waals surface area contributed by atoms with Crippen molar-refractivity contribution >= 4 is 34.7 Å². The first kappa shape index (κ1) is 15.0. The van der Waals surface area contributed by atoms with Crippen LogP contribution < -0.4 is 10.6 Å². The second-order valence-corrected chi connectivity index (χ2v) is 6.46. The van der Waals surface area contributed by atoms with Crippen molar-refractivity contribution in [3.63, 3.8) is 0 Å². The first-order valence-corrected chi connectivity index (χ1v) is 8.01. The van der Waals surface area contributed by atoms with Crippen molar-refractivity contribution in [2.45, 2.75) is 22.6 Å². The summed E-state index contributed by atoms with van der Waals surface area (Å²) in [5.74, 6) is 0.0234. The van der Waals surface area contributed by atoms with E-state index in [0.717, 1.165) is 20.6 Å². The van der Waals surface area contributed by atoms with Crippen LogP contribution in [0, 0.1) is 6.92 Å². The average Bonchev–Trinajstić information content (AvgIpc) is 2.84. The summed E-state index contributed by atoms with van der Waals surface area (Å²) >= 11 is 3.28. The van der Waals surface area contributed by atoms with Gasteiger partial charge < -0.3 is 10.6 Å². The minimum absolute atomic E-state index is 0.0234. The van der Waals surface area contributed by atoms with E-state index in [1.54, 1.807) is 23.1 Å². The third-order valence-corrected chi connectivity index (χ3v) is 4.61. The molecule has 106 valence electrons. The number of hydrogen-bond acceptors (Lipinski definition) is 5. The summed E-state index contributed by atoms with van der Waals surface area (Å²) in [6.45, 7) is 2.67. The number of anilines is 1. The summed E-state index contributed by atoms with van der Waals surface area (Å²) in [5.41, 5.74) is 1.87. The molecule has 0 saturated heterocycles. The van der Waals surface area contributed by atoms with Gasteiger partial charge in [0.2, 0.25) is 5.91 Å². The maximum absolute atomic E-state index is 11.6. The van der Waals surface area contributed by atoms with E-state index in [2.05, 4.69) is 15.6 Å². The molecule has 1 aromatic heterocycles. The number of hydrogen-bond donors (Lipinski definition) is 2. The Kier molecular flexibility index (Phi) is 5.58. The van der Waals surface area contributed by atoms with E-state index in [9.17, 15) is 4.79 Å². The van der Waals surface area contributed by atoms with Gasteiger partial charge in [0.05, 0.1) is 0 Å². The average molecular weight is 307 g/mol. The molecular weight excluding hydrogens is 290 g/mol. The van der Waals surface area contributed by atoms with E-state index in [-0.39, 0.29) is 5.91 Å². The monoisotopic (exact) mass is 307 g/mol. The third-order valence-electron chi connectivity index (χ3n) is 2.54. The van der Waals surface area contributed by atoms with Crippen LogP contribution in [0.3, 0.4) is 0 Å². The largest absolute Gasteiger partial charge is 0.326 e.